The second-order valence-electron chi connectivity index (χ2n) is 8.01. The quantitative estimate of drug-likeness (QED) is 0.315. The number of aliphatic hydroxyl groups is 1. The van der Waals surface area contributed by atoms with Gasteiger partial charge in [-0.15, -0.1) is 0 Å². The topological polar surface area (TPSA) is 80.0 Å². The minimum atomic E-state index is -1.25. The van der Waals surface area contributed by atoms with Gasteiger partial charge in [0.1, 0.15) is 34.9 Å². The summed E-state index contributed by atoms with van der Waals surface area (Å²) in [4.78, 5) is 26.8. The number of aliphatic hydroxyl groups excluding tert-OH is 1. The molecule has 2 aromatic carbocycles. The van der Waals surface area contributed by atoms with E-state index in [-0.39, 0.29) is 28.5 Å². The maximum atomic E-state index is 14.6. The first-order valence-electron chi connectivity index (χ1n) is 10.3. The Morgan fingerprint density at radius 1 is 1.12 bits per heavy atom. The average molecular weight is 453 g/mol. The van der Waals surface area contributed by atoms with E-state index in [1.54, 1.807) is 24.3 Å². The highest BCUT2D eigenvalue weighted by molar-refractivity contribution is 6.51. The maximum absolute atomic E-state index is 14.6. The van der Waals surface area contributed by atoms with Gasteiger partial charge in [0.15, 0.2) is 0 Å². The fourth-order valence-corrected chi connectivity index (χ4v) is 3.63. The van der Waals surface area contributed by atoms with Gasteiger partial charge in [-0.1, -0.05) is 26.0 Å². The van der Waals surface area contributed by atoms with Gasteiger partial charge in [-0.05, 0) is 42.3 Å². The summed E-state index contributed by atoms with van der Waals surface area (Å²) in [7, 11) is 0. The number of ether oxygens (including phenoxy) is 1. The van der Waals surface area contributed by atoms with Crippen LogP contribution in [0.5, 0.6) is 5.75 Å². The summed E-state index contributed by atoms with van der Waals surface area (Å²) in [6.45, 7) is 4.43. The number of benzene rings is 2. The summed E-state index contributed by atoms with van der Waals surface area (Å²) in [5.41, 5.74) is -0.349. The van der Waals surface area contributed by atoms with Gasteiger partial charge in [-0.3, -0.25) is 14.5 Å². The van der Waals surface area contributed by atoms with E-state index in [0.717, 1.165) is 17.0 Å². The first-order chi connectivity index (χ1) is 15.8. The van der Waals surface area contributed by atoms with Gasteiger partial charge in [-0.25, -0.2) is 8.78 Å². The van der Waals surface area contributed by atoms with Crippen molar-refractivity contribution in [1.29, 1.82) is 0 Å². The molecule has 1 aromatic heterocycles. The van der Waals surface area contributed by atoms with Gasteiger partial charge in [0.25, 0.3) is 11.7 Å². The number of rotatable bonds is 6. The Hall–Kier alpha value is -3.94. The number of carbonyl (C=O) groups excluding carboxylic acids is 2. The molecule has 1 N–H and O–H groups in total. The maximum Gasteiger partial charge on any atom is 0.300 e. The highest BCUT2D eigenvalue weighted by Gasteiger charge is 2.49. The van der Waals surface area contributed by atoms with Crippen molar-refractivity contribution in [3.05, 3.63) is 89.4 Å². The van der Waals surface area contributed by atoms with Crippen LogP contribution in [-0.2, 0) is 9.59 Å². The summed E-state index contributed by atoms with van der Waals surface area (Å²) >= 11 is 0. The molecule has 1 fully saturated rings. The Labute approximate surface area is 188 Å². The van der Waals surface area contributed by atoms with Crippen LogP contribution in [0.4, 0.5) is 14.5 Å². The van der Waals surface area contributed by atoms with Crippen molar-refractivity contribution < 1.29 is 32.6 Å². The zero-order valence-electron chi connectivity index (χ0n) is 17.9. The molecule has 1 saturated heterocycles. The van der Waals surface area contributed by atoms with Crippen LogP contribution in [0.3, 0.4) is 0 Å². The molecule has 4 rings (SSSR count). The van der Waals surface area contributed by atoms with Crippen LogP contribution in [0.25, 0.3) is 5.76 Å². The van der Waals surface area contributed by atoms with Crippen LogP contribution in [0, 0.1) is 17.6 Å². The molecular formula is C25H21F2NO5. The lowest BCUT2D eigenvalue weighted by molar-refractivity contribution is -0.132. The Bertz CT molecular complexity index is 1230. The molecule has 1 atom stereocenters. The third-order valence-electron chi connectivity index (χ3n) is 5.12. The molecule has 1 amide bonds. The van der Waals surface area contributed by atoms with E-state index in [1.807, 2.05) is 13.8 Å². The van der Waals surface area contributed by atoms with Gasteiger partial charge in [-0.2, -0.15) is 0 Å². The van der Waals surface area contributed by atoms with E-state index < -0.39 is 35.1 Å². The Kier molecular flexibility index (Phi) is 6.00. The second-order valence-corrected chi connectivity index (χ2v) is 8.01. The van der Waals surface area contributed by atoms with Crippen molar-refractivity contribution in [2.24, 2.45) is 5.92 Å². The number of carbonyl (C=O) groups is 2. The molecule has 6 nitrogen and oxygen atoms in total. The van der Waals surface area contributed by atoms with Crippen molar-refractivity contribution in [2.75, 3.05) is 11.5 Å². The number of nitrogens with zero attached hydrogens (tertiary/aromatic N) is 1. The molecule has 170 valence electrons. The molecule has 33 heavy (non-hydrogen) atoms. The lowest BCUT2D eigenvalue weighted by atomic mass is 9.99. The average Bonchev–Trinajstić information content (AvgIpc) is 3.40. The van der Waals surface area contributed by atoms with Crippen LogP contribution in [0.15, 0.2) is 70.9 Å². The summed E-state index contributed by atoms with van der Waals surface area (Å²) in [6, 6.07) is 10.9. The van der Waals surface area contributed by atoms with Crippen LogP contribution < -0.4 is 9.64 Å². The molecule has 1 aliphatic heterocycles. The Balaban J connectivity index is 1.85. The van der Waals surface area contributed by atoms with Gasteiger partial charge in [0.2, 0.25) is 0 Å². The number of ketones is 1. The zero-order valence-corrected chi connectivity index (χ0v) is 17.9. The number of Topliss-reactive ketones (excluding diaryl/α,β-unsaturated/α-hetero) is 1. The predicted octanol–water partition coefficient (Wildman–Crippen LogP) is 5.22. The number of amides is 1. The molecule has 0 bridgehead atoms. The molecule has 1 unspecified atom stereocenters. The lowest BCUT2D eigenvalue weighted by Gasteiger charge is -2.23. The molecule has 0 aliphatic carbocycles. The normalized spacial score (nSPS) is 17.7. The first-order valence-corrected chi connectivity index (χ1v) is 10.3. The third kappa shape index (κ3) is 4.24. The van der Waals surface area contributed by atoms with E-state index in [4.69, 9.17) is 9.15 Å². The van der Waals surface area contributed by atoms with Crippen molar-refractivity contribution >= 4 is 23.1 Å². The molecule has 1 aliphatic rings. The summed E-state index contributed by atoms with van der Waals surface area (Å²) in [5.74, 6) is -3.54. The Morgan fingerprint density at radius 3 is 2.58 bits per heavy atom. The van der Waals surface area contributed by atoms with Gasteiger partial charge in [0.05, 0.1) is 24.1 Å². The molecule has 0 spiro atoms. The van der Waals surface area contributed by atoms with E-state index in [1.165, 1.54) is 18.4 Å². The van der Waals surface area contributed by atoms with E-state index in [0.29, 0.717) is 18.4 Å². The van der Waals surface area contributed by atoms with Crippen LogP contribution >= 0.6 is 0 Å². The number of furan rings is 1. The molecule has 8 heteroatoms. The van der Waals surface area contributed by atoms with Crippen molar-refractivity contribution in [2.45, 2.75) is 19.9 Å². The summed E-state index contributed by atoms with van der Waals surface area (Å²) < 4.78 is 39.2. The number of halogens is 2. The summed E-state index contributed by atoms with van der Waals surface area (Å²) in [5, 5.41) is 11.1. The van der Waals surface area contributed by atoms with Crippen molar-refractivity contribution in [3.8, 4) is 5.75 Å². The highest BCUT2D eigenvalue weighted by atomic mass is 19.1. The molecule has 2 heterocycles. The fourth-order valence-electron chi connectivity index (χ4n) is 3.63. The first kappa shape index (κ1) is 22.3. The minimum absolute atomic E-state index is 0.131. The molecule has 0 radical (unpaired) electrons. The largest absolute Gasteiger partial charge is 0.507 e. The zero-order chi connectivity index (χ0) is 23.7. The Morgan fingerprint density at radius 2 is 1.91 bits per heavy atom. The second kappa shape index (κ2) is 8.90. The smallest absolute Gasteiger partial charge is 0.300 e. The summed E-state index contributed by atoms with van der Waals surface area (Å²) in [6.07, 6.45) is 1.33. The number of hydrogen-bond acceptors (Lipinski definition) is 5. The van der Waals surface area contributed by atoms with Crippen LogP contribution in [0.2, 0.25) is 0 Å². The highest BCUT2D eigenvalue weighted by Crippen LogP contribution is 2.43. The van der Waals surface area contributed by atoms with Gasteiger partial charge >= 0.3 is 0 Å². The number of hydrogen-bond donors (Lipinski definition) is 1. The predicted molar refractivity (Wildman–Crippen MR) is 117 cm³/mol. The van der Waals surface area contributed by atoms with Crippen molar-refractivity contribution in [1.82, 2.24) is 0 Å². The van der Waals surface area contributed by atoms with E-state index in [2.05, 4.69) is 0 Å². The lowest BCUT2D eigenvalue weighted by Crippen LogP contribution is -2.30. The SMILES string of the molecule is CC(C)COc1cccc(/C(O)=C2/C(=O)C(=O)N(c3ccc(F)cc3F)C2c2ccco2)c1. The van der Waals surface area contributed by atoms with E-state index >= 15 is 0 Å². The van der Waals surface area contributed by atoms with Crippen molar-refractivity contribution in [3.63, 3.8) is 0 Å². The fraction of sp³-hybridized carbons (Fsp3) is 0.200. The number of anilines is 1. The van der Waals surface area contributed by atoms with Crippen LogP contribution in [-0.4, -0.2) is 23.4 Å². The molecule has 3 aromatic rings. The third-order valence-corrected chi connectivity index (χ3v) is 5.12. The minimum Gasteiger partial charge on any atom is -0.507 e. The van der Waals surface area contributed by atoms with E-state index in [9.17, 15) is 23.5 Å². The molecule has 0 saturated carbocycles. The van der Waals surface area contributed by atoms with Crippen LogP contribution in [0.1, 0.15) is 31.2 Å². The van der Waals surface area contributed by atoms with Gasteiger partial charge in [0, 0.05) is 11.6 Å². The standard InChI is InChI=1S/C25H21F2NO5/c1-14(2)13-33-17-6-3-5-15(11-17)23(29)21-22(20-7-4-10-32-20)28(25(31)24(21)30)19-9-8-16(26)12-18(19)27/h3-12,14,22,29H,13H2,1-2H3/b23-21-. The molecular weight excluding hydrogens is 432 g/mol. The van der Waals surface area contributed by atoms with Gasteiger partial charge < -0.3 is 14.3 Å². The monoisotopic (exact) mass is 453 g/mol.